The van der Waals surface area contributed by atoms with Gasteiger partial charge in [0, 0.05) is 6.54 Å². The fourth-order valence-electron chi connectivity index (χ4n) is 2.62. The number of fused-ring (bicyclic) bond motifs is 1. The minimum absolute atomic E-state index is 0.334. The predicted octanol–water partition coefficient (Wildman–Crippen LogP) is 4.17. The zero-order chi connectivity index (χ0) is 13.4. The number of hydrogen-bond acceptors (Lipinski definition) is 2. The van der Waals surface area contributed by atoms with E-state index in [1.165, 1.54) is 5.56 Å². The molecule has 19 heavy (non-hydrogen) atoms. The maximum Gasteiger partial charge on any atom is 0.139 e. The van der Waals surface area contributed by atoms with Crippen LogP contribution in [0.4, 0.5) is 5.82 Å². The first-order valence-corrected chi connectivity index (χ1v) is 7.54. The van der Waals surface area contributed by atoms with Gasteiger partial charge in [-0.2, -0.15) is 5.10 Å². The van der Waals surface area contributed by atoms with Crippen molar-refractivity contribution in [3.63, 3.8) is 0 Å². The van der Waals surface area contributed by atoms with Gasteiger partial charge in [-0.25, -0.2) is 4.68 Å². The van der Waals surface area contributed by atoms with Gasteiger partial charge in [0.25, 0.3) is 0 Å². The fourth-order valence-corrected chi connectivity index (χ4v) is 3.48. The van der Waals surface area contributed by atoms with Crippen molar-refractivity contribution in [2.45, 2.75) is 32.2 Å². The molecule has 0 saturated heterocycles. The summed E-state index contributed by atoms with van der Waals surface area (Å²) in [5.41, 5.74) is 2.46. The molecular weight excluding hydrogens is 302 g/mol. The van der Waals surface area contributed by atoms with Gasteiger partial charge in [0.1, 0.15) is 5.82 Å². The van der Waals surface area contributed by atoms with Gasteiger partial charge >= 0.3 is 0 Å². The molecule has 0 amide bonds. The molecule has 4 heteroatoms. The molecule has 2 heterocycles. The number of nitrogens with zero attached hydrogens (tertiary/aromatic N) is 2. The van der Waals surface area contributed by atoms with Gasteiger partial charge in [0.2, 0.25) is 0 Å². The smallest absolute Gasteiger partial charge is 0.139 e. The molecule has 1 aromatic carbocycles. The lowest BCUT2D eigenvalue weighted by molar-refractivity contribution is 0.476. The molecule has 3 nitrogen and oxygen atoms in total. The summed E-state index contributed by atoms with van der Waals surface area (Å²) in [6.07, 6.45) is 1.07. The molecule has 0 fully saturated rings. The summed E-state index contributed by atoms with van der Waals surface area (Å²) in [5, 5.41) is 8.27. The number of aromatic nitrogens is 2. The van der Waals surface area contributed by atoms with Crippen LogP contribution in [0.25, 0.3) is 0 Å². The highest BCUT2D eigenvalue weighted by Gasteiger charge is 2.27. The van der Waals surface area contributed by atoms with Gasteiger partial charge in [-0.1, -0.05) is 44.2 Å². The first kappa shape index (κ1) is 12.7. The normalized spacial score (nSPS) is 18.2. The molecule has 0 spiro atoms. The number of anilines is 1. The van der Waals surface area contributed by atoms with Crippen molar-refractivity contribution in [3.8, 4) is 0 Å². The molecule has 1 unspecified atom stereocenters. The minimum Gasteiger partial charge on any atom is -0.369 e. The molecule has 2 aromatic rings. The van der Waals surface area contributed by atoms with E-state index in [0.29, 0.717) is 12.0 Å². The summed E-state index contributed by atoms with van der Waals surface area (Å²) in [6.45, 7) is 5.34. The van der Waals surface area contributed by atoms with Crippen LogP contribution in [0, 0.1) is 0 Å². The zero-order valence-corrected chi connectivity index (χ0v) is 12.8. The van der Waals surface area contributed by atoms with E-state index in [2.05, 4.69) is 70.1 Å². The Hall–Kier alpha value is -1.29. The van der Waals surface area contributed by atoms with E-state index >= 15 is 0 Å². The molecule has 1 aliphatic heterocycles. The van der Waals surface area contributed by atoms with E-state index in [1.807, 2.05) is 0 Å². The molecule has 100 valence electrons. The third-order valence-electron chi connectivity index (χ3n) is 3.61. The van der Waals surface area contributed by atoms with Crippen LogP contribution >= 0.6 is 15.9 Å². The van der Waals surface area contributed by atoms with Crippen LogP contribution < -0.4 is 5.32 Å². The van der Waals surface area contributed by atoms with Crippen LogP contribution in [-0.4, -0.2) is 16.3 Å². The fraction of sp³-hybridized carbons (Fsp3) is 0.400. The van der Waals surface area contributed by atoms with Crippen LogP contribution in [0.15, 0.2) is 34.8 Å². The van der Waals surface area contributed by atoms with Crippen molar-refractivity contribution >= 4 is 21.7 Å². The topological polar surface area (TPSA) is 29.9 Å². The van der Waals surface area contributed by atoms with Crippen LogP contribution in [-0.2, 0) is 0 Å². The SMILES string of the molecule is CC(C)c1nn2c(c1Br)NCCC2c1ccccc1. The Morgan fingerprint density at radius 2 is 2.05 bits per heavy atom. The maximum absolute atomic E-state index is 4.81. The summed E-state index contributed by atoms with van der Waals surface area (Å²) < 4.78 is 3.25. The zero-order valence-electron chi connectivity index (χ0n) is 11.2. The quantitative estimate of drug-likeness (QED) is 0.900. The molecule has 1 aromatic heterocycles. The summed E-state index contributed by atoms with van der Waals surface area (Å²) in [5.74, 6) is 1.54. The Morgan fingerprint density at radius 3 is 2.74 bits per heavy atom. The average molecular weight is 320 g/mol. The second-order valence-electron chi connectivity index (χ2n) is 5.29. The van der Waals surface area contributed by atoms with Gasteiger partial charge in [0.15, 0.2) is 0 Å². The van der Waals surface area contributed by atoms with Gasteiger partial charge in [0.05, 0.1) is 16.2 Å². The molecular formula is C15H18BrN3. The van der Waals surface area contributed by atoms with Crippen LogP contribution in [0.5, 0.6) is 0 Å². The van der Waals surface area contributed by atoms with Crippen LogP contribution in [0.2, 0.25) is 0 Å². The van der Waals surface area contributed by atoms with E-state index in [-0.39, 0.29) is 0 Å². The molecule has 0 radical (unpaired) electrons. The van der Waals surface area contributed by atoms with Crippen molar-refractivity contribution in [1.29, 1.82) is 0 Å². The molecule has 1 N–H and O–H groups in total. The van der Waals surface area contributed by atoms with E-state index in [0.717, 1.165) is 29.0 Å². The second kappa shape index (κ2) is 5.00. The highest BCUT2D eigenvalue weighted by molar-refractivity contribution is 9.10. The molecule has 1 aliphatic rings. The minimum atomic E-state index is 0.334. The summed E-state index contributed by atoms with van der Waals surface area (Å²) in [4.78, 5) is 0. The van der Waals surface area contributed by atoms with Crippen LogP contribution in [0.1, 0.15) is 43.5 Å². The van der Waals surface area contributed by atoms with E-state index in [9.17, 15) is 0 Å². The lowest BCUT2D eigenvalue weighted by Crippen LogP contribution is -2.24. The number of halogens is 1. The molecule has 0 bridgehead atoms. The van der Waals surface area contributed by atoms with E-state index < -0.39 is 0 Å². The van der Waals surface area contributed by atoms with Crippen molar-refractivity contribution in [1.82, 2.24) is 9.78 Å². The first-order valence-electron chi connectivity index (χ1n) is 6.75. The van der Waals surface area contributed by atoms with Gasteiger partial charge < -0.3 is 5.32 Å². The highest BCUT2D eigenvalue weighted by Crippen LogP contribution is 2.38. The molecule has 1 atom stereocenters. The summed E-state index contributed by atoms with van der Waals surface area (Å²) in [6, 6.07) is 11.0. The first-order chi connectivity index (χ1) is 9.18. The van der Waals surface area contributed by atoms with Crippen molar-refractivity contribution in [2.24, 2.45) is 0 Å². The predicted molar refractivity (Wildman–Crippen MR) is 81.7 cm³/mol. The lowest BCUT2D eigenvalue weighted by Gasteiger charge is -2.26. The average Bonchev–Trinajstić information content (AvgIpc) is 2.78. The number of nitrogens with one attached hydrogen (secondary N) is 1. The molecule has 3 rings (SSSR count). The maximum atomic E-state index is 4.81. The Balaban J connectivity index is 2.08. The van der Waals surface area contributed by atoms with E-state index in [4.69, 9.17) is 5.10 Å². The van der Waals surface area contributed by atoms with Crippen molar-refractivity contribution in [2.75, 3.05) is 11.9 Å². The number of benzene rings is 1. The van der Waals surface area contributed by atoms with Crippen LogP contribution in [0.3, 0.4) is 0 Å². The molecule has 0 saturated carbocycles. The van der Waals surface area contributed by atoms with Gasteiger partial charge in [-0.05, 0) is 33.8 Å². The van der Waals surface area contributed by atoms with Crippen molar-refractivity contribution in [3.05, 3.63) is 46.1 Å². The van der Waals surface area contributed by atoms with E-state index in [1.54, 1.807) is 0 Å². The number of rotatable bonds is 2. The standard InChI is InChI=1S/C15H18BrN3/c1-10(2)14-13(16)15-17-9-8-12(19(15)18-14)11-6-4-3-5-7-11/h3-7,10,12,17H,8-9H2,1-2H3. The van der Waals surface area contributed by atoms with Gasteiger partial charge in [-0.15, -0.1) is 0 Å². The number of hydrogen-bond donors (Lipinski definition) is 1. The summed E-state index contributed by atoms with van der Waals surface area (Å²) in [7, 11) is 0. The Labute approximate surface area is 122 Å². The highest BCUT2D eigenvalue weighted by atomic mass is 79.9. The summed E-state index contributed by atoms with van der Waals surface area (Å²) >= 11 is 3.69. The largest absolute Gasteiger partial charge is 0.369 e. The monoisotopic (exact) mass is 319 g/mol. The molecule has 0 aliphatic carbocycles. The lowest BCUT2D eigenvalue weighted by atomic mass is 10.0. The Bertz CT molecular complexity index is 575. The Morgan fingerprint density at radius 1 is 1.32 bits per heavy atom. The third kappa shape index (κ3) is 2.18. The second-order valence-corrected chi connectivity index (χ2v) is 6.08. The third-order valence-corrected chi connectivity index (χ3v) is 4.40. The van der Waals surface area contributed by atoms with Crippen molar-refractivity contribution < 1.29 is 0 Å². The Kier molecular flexibility index (Phi) is 3.35. The van der Waals surface area contributed by atoms with Gasteiger partial charge in [-0.3, -0.25) is 0 Å².